The van der Waals surface area contributed by atoms with Crippen LogP contribution in [-0.2, 0) is 22.4 Å². The number of fused-ring (bicyclic) bond motifs is 1. The summed E-state index contributed by atoms with van der Waals surface area (Å²) in [4.78, 5) is 25.9. The molecule has 4 rings (SSSR count). The zero-order valence-electron chi connectivity index (χ0n) is 19.4. The fraction of sp³-hybridized carbons (Fsp3) is 0.286. The summed E-state index contributed by atoms with van der Waals surface area (Å²) in [5.41, 5.74) is 6.52. The van der Waals surface area contributed by atoms with E-state index in [0.717, 1.165) is 35.3 Å². The van der Waals surface area contributed by atoms with Crippen molar-refractivity contribution in [3.05, 3.63) is 88.9 Å². The summed E-state index contributed by atoms with van der Waals surface area (Å²) in [6, 6.07) is 24.1. The molecule has 2 unspecified atom stereocenters. The molecule has 0 aromatic heterocycles. The summed E-state index contributed by atoms with van der Waals surface area (Å²) < 4.78 is 0. The van der Waals surface area contributed by atoms with Crippen molar-refractivity contribution < 1.29 is 14.8 Å². The van der Waals surface area contributed by atoms with Crippen molar-refractivity contribution in [1.29, 1.82) is 0 Å². The van der Waals surface area contributed by atoms with Gasteiger partial charge < -0.3 is 5.32 Å². The van der Waals surface area contributed by atoms with Crippen LogP contribution in [0.25, 0.3) is 11.1 Å². The molecule has 0 radical (unpaired) electrons. The molecular formula is C28H29ClN2O3S. The van der Waals surface area contributed by atoms with E-state index in [-0.39, 0.29) is 11.8 Å². The van der Waals surface area contributed by atoms with Gasteiger partial charge in [-0.3, -0.25) is 14.8 Å². The predicted molar refractivity (Wildman–Crippen MR) is 141 cm³/mol. The molecule has 0 spiro atoms. The molecule has 0 saturated heterocycles. The smallest absolute Gasteiger partial charge is 0.247 e. The number of halogens is 1. The maximum absolute atomic E-state index is 12.7. The van der Waals surface area contributed by atoms with Gasteiger partial charge in [-0.15, -0.1) is 11.8 Å². The van der Waals surface area contributed by atoms with Gasteiger partial charge in [0, 0.05) is 28.1 Å². The Labute approximate surface area is 215 Å². The third-order valence-corrected chi connectivity index (χ3v) is 7.90. The Morgan fingerprint density at radius 3 is 2.31 bits per heavy atom. The predicted octanol–water partition coefficient (Wildman–Crippen LogP) is 5.53. The molecule has 3 aromatic rings. The lowest BCUT2D eigenvalue weighted by Crippen LogP contribution is -2.37. The van der Waals surface area contributed by atoms with E-state index >= 15 is 0 Å². The summed E-state index contributed by atoms with van der Waals surface area (Å²) in [6.45, 7) is 0.394. The molecule has 0 heterocycles. The van der Waals surface area contributed by atoms with Gasteiger partial charge in [0.1, 0.15) is 0 Å². The van der Waals surface area contributed by atoms with Crippen LogP contribution in [0.1, 0.15) is 24.0 Å². The number of hydroxylamine groups is 1. The maximum atomic E-state index is 12.7. The van der Waals surface area contributed by atoms with Gasteiger partial charge >= 0.3 is 0 Å². The van der Waals surface area contributed by atoms with Crippen molar-refractivity contribution in [3.63, 3.8) is 0 Å². The highest BCUT2D eigenvalue weighted by atomic mass is 35.5. The highest BCUT2D eigenvalue weighted by Gasteiger charge is 2.25. The van der Waals surface area contributed by atoms with Crippen LogP contribution in [0.5, 0.6) is 0 Å². The fourth-order valence-electron chi connectivity index (χ4n) is 4.40. The topological polar surface area (TPSA) is 78.4 Å². The van der Waals surface area contributed by atoms with Crippen LogP contribution in [-0.4, -0.2) is 29.3 Å². The first kappa shape index (κ1) is 25.3. The van der Waals surface area contributed by atoms with Crippen molar-refractivity contribution >= 4 is 35.2 Å². The van der Waals surface area contributed by atoms with E-state index in [2.05, 4.69) is 17.4 Å². The van der Waals surface area contributed by atoms with E-state index in [4.69, 9.17) is 11.6 Å². The molecule has 35 heavy (non-hydrogen) atoms. The highest BCUT2D eigenvalue weighted by Crippen LogP contribution is 2.28. The Morgan fingerprint density at radius 2 is 1.63 bits per heavy atom. The average molecular weight is 509 g/mol. The first-order chi connectivity index (χ1) is 17.0. The number of hydrogen-bond acceptors (Lipinski definition) is 4. The Balaban J connectivity index is 1.26. The largest absolute Gasteiger partial charge is 0.356 e. The fourth-order valence-corrected chi connectivity index (χ4v) is 5.57. The van der Waals surface area contributed by atoms with Gasteiger partial charge in [0.05, 0.1) is 5.92 Å². The lowest BCUT2D eigenvalue weighted by molar-refractivity contribution is -0.133. The molecule has 3 aromatic carbocycles. The van der Waals surface area contributed by atoms with Crippen LogP contribution in [0.2, 0.25) is 5.02 Å². The van der Waals surface area contributed by atoms with E-state index in [1.54, 1.807) is 17.2 Å². The quantitative estimate of drug-likeness (QED) is 0.202. The number of carbonyl (C=O) groups is 2. The van der Waals surface area contributed by atoms with E-state index in [1.807, 2.05) is 60.7 Å². The molecular weight excluding hydrogens is 480 g/mol. The normalized spacial score (nSPS) is 15.7. The third-order valence-electron chi connectivity index (χ3n) is 6.47. The van der Waals surface area contributed by atoms with Crippen molar-refractivity contribution in [3.8, 4) is 11.1 Å². The molecule has 1 aliphatic rings. The molecule has 0 bridgehead atoms. The lowest BCUT2D eigenvalue weighted by atomic mass is 9.83. The molecule has 2 amide bonds. The second kappa shape index (κ2) is 12.2. The number of nitrogens with one attached hydrogen (secondary N) is 2. The highest BCUT2D eigenvalue weighted by molar-refractivity contribution is 7.99. The zero-order chi connectivity index (χ0) is 24.6. The standard InChI is InChI=1S/C28H29ClN2O3S/c29-25-11-7-20(8-12-25)21-9-13-26(14-10-21)35-18-24(28(33)31-34)15-16-30-27(32)23-6-5-19-3-1-2-4-22(19)17-23/h1-4,7-14,23-24,34H,5-6,15-18H2,(H,30,32)(H,31,33). The van der Waals surface area contributed by atoms with E-state index in [0.29, 0.717) is 23.7 Å². The van der Waals surface area contributed by atoms with Crippen LogP contribution in [0, 0.1) is 11.8 Å². The van der Waals surface area contributed by atoms with Crippen molar-refractivity contribution in [2.24, 2.45) is 11.8 Å². The Morgan fingerprint density at radius 1 is 0.971 bits per heavy atom. The molecule has 7 heteroatoms. The van der Waals surface area contributed by atoms with Gasteiger partial charge in [0.25, 0.3) is 0 Å². The van der Waals surface area contributed by atoms with Crippen molar-refractivity contribution in [2.75, 3.05) is 12.3 Å². The average Bonchev–Trinajstić information content (AvgIpc) is 2.90. The number of carbonyl (C=O) groups excluding carboxylic acids is 2. The van der Waals surface area contributed by atoms with Crippen LogP contribution in [0.15, 0.2) is 77.7 Å². The van der Waals surface area contributed by atoms with Gasteiger partial charge in [-0.05, 0) is 72.2 Å². The van der Waals surface area contributed by atoms with Gasteiger partial charge in [-0.2, -0.15) is 0 Å². The lowest BCUT2D eigenvalue weighted by Gasteiger charge is -2.24. The van der Waals surface area contributed by atoms with Gasteiger partial charge in [-0.1, -0.05) is 60.1 Å². The number of amides is 2. The molecule has 0 aliphatic heterocycles. The Kier molecular flexibility index (Phi) is 8.85. The third kappa shape index (κ3) is 6.88. The minimum atomic E-state index is -0.434. The second-order valence-electron chi connectivity index (χ2n) is 8.80. The van der Waals surface area contributed by atoms with E-state index < -0.39 is 11.8 Å². The first-order valence-electron chi connectivity index (χ1n) is 11.8. The summed E-state index contributed by atoms with van der Waals surface area (Å²) >= 11 is 7.52. The van der Waals surface area contributed by atoms with Gasteiger partial charge in [0.2, 0.25) is 11.8 Å². The molecule has 182 valence electrons. The summed E-state index contributed by atoms with van der Waals surface area (Å²) in [7, 11) is 0. The minimum Gasteiger partial charge on any atom is -0.356 e. The molecule has 5 nitrogen and oxygen atoms in total. The second-order valence-corrected chi connectivity index (χ2v) is 10.3. The Hall–Kier alpha value is -2.80. The molecule has 3 N–H and O–H groups in total. The maximum Gasteiger partial charge on any atom is 0.247 e. The van der Waals surface area contributed by atoms with Crippen molar-refractivity contribution in [2.45, 2.75) is 30.6 Å². The number of rotatable bonds is 9. The molecule has 0 saturated carbocycles. The summed E-state index contributed by atoms with van der Waals surface area (Å²) in [5.74, 6) is -0.361. The number of thioether (sulfide) groups is 1. The van der Waals surface area contributed by atoms with Crippen LogP contribution in [0.4, 0.5) is 0 Å². The summed E-state index contributed by atoms with van der Waals surface area (Å²) in [6.07, 6.45) is 2.96. The molecule has 0 fully saturated rings. The molecule has 1 aliphatic carbocycles. The monoisotopic (exact) mass is 508 g/mol. The Bertz CT molecular complexity index is 1150. The molecule has 2 atom stereocenters. The zero-order valence-corrected chi connectivity index (χ0v) is 20.9. The number of aryl methyl sites for hydroxylation is 1. The number of hydrogen-bond donors (Lipinski definition) is 3. The van der Waals surface area contributed by atoms with Crippen molar-refractivity contribution in [1.82, 2.24) is 10.8 Å². The minimum absolute atomic E-state index is 0.0353. The van der Waals surface area contributed by atoms with E-state index in [1.165, 1.54) is 11.1 Å². The van der Waals surface area contributed by atoms with Crippen LogP contribution < -0.4 is 10.8 Å². The number of benzene rings is 3. The SMILES string of the molecule is O=C(NO)C(CCNC(=O)C1CCc2ccccc2C1)CSc1ccc(-c2ccc(Cl)cc2)cc1. The van der Waals surface area contributed by atoms with Crippen LogP contribution in [0.3, 0.4) is 0 Å². The van der Waals surface area contributed by atoms with Gasteiger partial charge in [0.15, 0.2) is 0 Å². The first-order valence-corrected chi connectivity index (χ1v) is 13.2. The van der Waals surface area contributed by atoms with Gasteiger partial charge in [-0.25, -0.2) is 5.48 Å². The summed E-state index contributed by atoms with van der Waals surface area (Å²) in [5, 5.41) is 12.9. The van der Waals surface area contributed by atoms with Crippen LogP contribution >= 0.6 is 23.4 Å². The van der Waals surface area contributed by atoms with E-state index in [9.17, 15) is 14.8 Å².